The highest BCUT2D eigenvalue weighted by Gasteiger charge is 2.12. The standard InChI is InChI=1S/C16H25ClN2O3/c1-11(2)5-7-18-8-6-16(20)19-13-10-14(21-3)12(17)9-15(13)22-4/h9-11,18H,5-8H2,1-4H3,(H,19,20). The summed E-state index contributed by atoms with van der Waals surface area (Å²) in [6.45, 7) is 5.91. The average molecular weight is 329 g/mol. The van der Waals surface area contributed by atoms with Crippen LogP contribution in [0.5, 0.6) is 11.5 Å². The number of hydrogen-bond donors (Lipinski definition) is 2. The summed E-state index contributed by atoms with van der Waals surface area (Å²) in [6, 6.07) is 3.28. The number of rotatable bonds is 9. The number of ether oxygens (including phenoxy) is 2. The molecule has 0 aromatic heterocycles. The van der Waals surface area contributed by atoms with Gasteiger partial charge in [-0.05, 0) is 18.9 Å². The molecule has 5 nitrogen and oxygen atoms in total. The second-order valence-corrected chi connectivity index (χ2v) is 5.82. The molecule has 6 heteroatoms. The Kier molecular flexibility index (Phi) is 8.06. The SMILES string of the molecule is COc1cc(NC(=O)CCNCCC(C)C)c(OC)cc1Cl. The molecule has 1 aromatic rings. The monoisotopic (exact) mass is 328 g/mol. The number of hydrogen-bond acceptors (Lipinski definition) is 4. The largest absolute Gasteiger partial charge is 0.495 e. The molecule has 0 saturated carbocycles. The zero-order chi connectivity index (χ0) is 16.5. The first-order valence-electron chi connectivity index (χ1n) is 7.40. The predicted molar refractivity (Wildman–Crippen MR) is 90.1 cm³/mol. The second kappa shape index (κ2) is 9.54. The van der Waals surface area contributed by atoms with Crippen molar-refractivity contribution < 1.29 is 14.3 Å². The van der Waals surface area contributed by atoms with Gasteiger partial charge < -0.3 is 20.1 Å². The molecule has 0 saturated heterocycles. The third-order valence-electron chi connectivity index (χ3n) is 3.18. The lowest BCUT2D eigenvalue weighted by molar-refractivity contribution is -0.116. The van der Waals surface area contributed by atoms with Gasteiger partial charge in [-0.3, -0.25) is 4.79 Å². The number of halogens is 1. The molecule has 0 aliphatic rings. The zero-order valence-electron chi connectivity index (χ0n) is 13.7. The number of nitrogens with one attached hydrogen (secondary N) is 2. The summed E-state index contributed by atoms with van der Waals surface area (Å²) in [5, 5.41) is 6.51. The summed E-state index contributed by atoms with van der Waals surface area (Å²) < 4.78 is 10.4. The molecule has 0 aliphatic carbocycles. The number of methoxy groups -OCH3 is 2. The van der Waals surface area contributed by atoms with Gasteiger partial charge in [0.25, 0.3) is 0 Å². The summed E-state index contributed by atoms with van der Waals surface area (Å²) in [5.41, 5.74) is 0.552. The molecule has 0 unspecified atom stereocenters. The van der Waals surface area contributed by atoms with E-state index in [2.05, 4.69) is 24.5 Å². The first kappa shape index (κ1) is 18.6. The van der Waals surface area contributed by atoms with Gasteiger partial charge in [-0.25, -0.2) is 0 Å². The molecule has 0 radical (unpaired) electrons. The fraction of sp³-hybridized carbons (Fsp3) is 0.562. The molecule has 1 rings (SSSR count). The molecule has 2 N–H and O–H groups in total. The van der Waals surface area contributed by atoms with Crippen LogP contribution in [0, 0.1) is 5.92 Å². The van der Waals surface area contributed by atoms with E-state index in [-0.39, 0.29) is 5.91 Å². The summed E-state index contributed by atoms with van der Waals surface area (Å²) in [6.07, 6.45) is 1.50. The van der Waals surface area contributed by atoms with Crippen LogP contribution >= 0.6 is 11.6 Å². The van der Waals surface area contributed by atoms with E-state index in [1.54, 1.807) is 12.1 Å². The molecule has 0 heterocycles. The van der Waals surface area contributed by atoms with Crippen LogP contribution in [0.2, 0.25) is 5.02 Å². The minimum absolute atomic E-state index is 0.0836. The topological polar surface area (TPSA) is 59.6 Å². The molecule has 124 valence electrons. The van der Waals surface area contributed by atoms with Gasteiger partial charge in [-0.2, -0.15) is 0 Å². The third-order valence-corrected chi connectivity index (χ3v) is 3.47. The zero-order valence-corrected chi connectivity index (χ0v) is 14.4. The van der Waals surface area contributed by atoms with Gasteiger partial charge in [0.15, 0.2) is 0 Å². The Morgan fingerprint density at radius 3 is 2.45 bits per heavy atom. The van der Waals surface area contributed by atoms with E-state index in [9.17, 15) is 4.79 Å². The van der Waals surface area contributed by atoms with Gasteiger partial charge in [0.1, 0.15) is 11.5 Å². The summed E-state index contributed by atoms with van der Waals surface area (Å²) in [4.78, 5) is 12.0. The van der Waals surface area contributed by atoms with Crippen molar-refractivity contribution >= 4 is 23.2 Å². The third kappa shape index (κ3) is 6.12. The first-order chi connectivity index (χ1) is 10.5. The van der Waals surface area contributed by atoms with Crippen LogP contribution in [0.3, 0.4) is 0 Å². The van der Waals surface area contributed by atoms with Crippen LogP contribution in [-0.4, -0.2) is 33.2 Å². The van der Waals surface area contributed by atoms with Crippen LogP contribution in [0.15, 0.2) is 12.1 Å². The van der Waals surface area contributed by atoms with Gasteiger partial charge in [0.2, 0.25) is 5.91 Å². The Balaban J connectivity index is 2.53. The molecule has 22 heavy (non-hydrogen) atoms. The fourth-order valence-corrected chi connectivity index (χ4v) is 2.12. The van der Waals surface area contributed by atoms with Crippen molar-refractivity contribution in [3.05, 3.63) is 17.2 Å². The van der Waals surface area contributed by atoms with Crippen LogP contribution in [-0.2, 0) is 4.79 Å². The van der Waals surface area contributed by atoms with Gasteiger partial charge >= 0.3 is 0 Å². The summed E-state index contributed by atoms with van der Waals surface area (Å²) in [5.74, 6) is 1.58. The quantitative estimate of drug-likeness (QED) is 0.683. The summed E-state index contributed by atoms with van der Waals surface area (Å²) in [7, 11) is 3.05. The van der Waals surface area contributed by atoms with Gasteiger partial charge in [0, 0.05) is 25.1 Å². The van der Waals surface area contributed by atoms with E-state index in [0.717, 1.165) is 13.0 Å². The first-order valence-corrected chi connectivity index (χ1v) is 7.77. The number of anilines is 1. The van der Waals surface area contributed by atoms with Crippen molar-refractivity contribution in [2.24, 2.45) is 5.92 Å². The van der Waals surface area contributed by atoms with E-state index in [1.165, 1.54) is 14.2 Å². The van der Waals surface area contributed by atoms with Crippen molar-refractivity contribution in [1.82, 2.24) is 5.32 Å². The van der Waals surface area contributed by atoms with E-state index in [4.69, 9.17) is 21.1 Å². The van der Waals surface area contributed by atoms with E-state index in [1.807, 2.05) is 0 Å². The minimum Gasteiger partial charge on any atom is -0.495 e. The van der Waals surface area contributed by atoms with E-state index >= 15 is 0 Å². The van der Waals surface area contributed by atoms with Crippen LogP contribution < -0.4 is 20.1 Å². The van der Waals surface area contributed by atoms with Crippen molar-refractivity contribution in [2.75, 3.05) is 32.6 Å². The molecular formula is C16H25ClN2O3. The molecule has 0 fully saturated rings. The predicted octanol–water partition coefficient (Wildman–Crippen LogP) is 3.32. The number of benzene rings is 1. The number of amides is 1. The fourth-order valence-electron chi connectivity index (χ4n) is 1.89. The second-order valence-electron chi connectivity index (χ2n) is 5.42. The highest BCUT2D eigenvalue weighted by atomic mass is 35.5. The molecular weight excluding hydrogens is 304 g/mol. The maximum absolute atomic E-state index is 12.0. The molecule has 0 aliphatic heterocycles. The molecule has 1 amide bonds. The lowest BCUT2D eigenvalue weighted by atomic mass is 10.1. The molecule has 0 spiro atoms. The normalized spacial score (nSPS) is 10.6. The van der Waals surface area contributed by atoms with Crippen molar-refractivity contribution in [1.29, 1.82) is 0 Å². The Morgan fingerprint density at radius 1 is 1.18 bits per heavy atom. The van der Waals surface area contributed by atoms with Gasteiger partial charge in [0.05, 0.1) is 24.9 Å². The lowest BCUT2D eigenvalue weighted by Crippen LogP contribution is -2.23. The minimum atomic E-state index is -0.0836. The highest BCUT2D eigenvalue weighted by molar-refractivity contribution is 6.32. The Bertz CT molecular complexity index is 493. The maximum Gasteiger partial charge on any atom is 0.225 e. The highest BCUT2D eigenvalue weighted by Crippen LogP contribution is 2.35. The average Bonchev–Trinajstić information content (AvgIpc) is 2.47. The van der Waals surface area contributed by atoms with Crippen LogP contribution in [0.4, 0.5) is 5.69 Å². The Morgan fingerprint density at radius 2 is 1.86 bits per heavy atom. The summed E-state index contributed by atoms with van der Waals surface area (Å²) >= 11 is 6.03. The van der Waals surface area contributed by atoms with Crippen molar-refractivity contribution in [2.45, 2.75) is 26.7 Å². The smallest absolute Gasteiger partial charge is 0.225 e. The molecule has 1 aromatic carbocycles. The Labute approximate surface area is 137 Å². The van der Waals surface area contributed by atoms with Gasteiger partial charge in [-0.1, -0.05) is 25.4 Å². The van der Waals surface area contributed by atoms with Crippen molar-refractivity contribution in [3.8, 4) is 11.5 Å². The van der Waals surface area contributed by atoms with E-state index < -0.39 is 0 Å². The van der Waals surface area contributed by atoms with Gasteiger partial charge in [-0.15, -0.1) is 0 Å². The van der Waals surface area contributed by atoms with Crippen LogP contribution in [0.1, 0.15) is 26.7 Å². The lowest BCUT2D eigenvalue weighted by Gasteiger charge is -2.13. The van der Waals surface area contributed by atoms with Crippen molar-refractivity contribution in [3.63, 3.8) is 0 Å². The molecule has 0 bridgehead atoms. The van der Waals surface area contributed by atoms with Crippen LogP contribution in [0.25, 0.3) is 0 Å². The number of carbonyl (C=O) groups is 1. The Hall–Kier alpha value is -1.46. The molecule has 0 atom stereocenters. The maximum atomic E-state index is 12.0. The van der Waals surface area contributed by atoms with E-state index in [0.29, 0.717) is 41.1 Å². The number of carbonyl (C=O) groups excluding carboxylic acids is 1.